The van der Waals surface area contributed by atoms with E-state index in [1.807, 2.05) is 0 Å². The Bertz CT molecular complexity index is 1550. The second-order valence-electron chi connectivity index (χ2n) is 9.03. The van der Waals surface area contributed by atoms with Gasteiger partial charge in [0, 0.05) is 16.0 Å². The molecule has 0 aliphatic heterocycles. The molecule has 41 heavy (non-hydrogen) atoms. The highest BCUT2D eigenvalue weighted by atomic mass is 35.5. The van der Waals surface area contributed by atoms with E-state index in [-0.39, 0.29) is 33.7 Å². The van der Waals surface area contributed by atoms with Crippen molar-refractivity contribution in [3.8, 4) is 17.2 Å². The molecular formula is C28H31ClN2O8S2. The molecule has 0 bridgehead atoms. The van der Waals surface area contributed by atoms with Crippen molar-refractivity contribution < 1.29 is 37.0 Å². The zero-order chi connectivity index (χ0) is 29.7. The van der Waals surface area contributed by atoms with Crippen LogP contribution < -0.4 is 23.8 Å². The van der Waals surface area contributed by atoms with Crippen molar-refractivity contribution in [3.05, 3.63) is 57.4 Å². The van der Waals surface area contributed by atoms with E-state index < -0.39 is 28.4 Å². The molecule has 0 radical (unpaired) electrons. The minimum Gasteiger partial charge on any atom is -0.495 e. The second-order valence-corrected chi connectivity index (χ2v) is 12.4. The summed E-state index contributed by atoms with van der Waals surface area (Å²) in [6, 6.07) is 8.58. The van der Waals surface area contributed by atoms with Crippen LogP contribution in [0.15, 0.2) is 41.3 Å². The van der Waals surface area contributed by atoms with Gasteiger partial charge in [-0.05, 0) is 68.5 Å². The van der Waals surface area contributed by atoms with E-state index in [9.17, 15) is 18.0 Å². The highest BCUT2D eigenvalue weighted by Gasteiger charge is 2.32. The number of benzene rings is 2. The van der Waals surface area contributed by atoms with Crippen LogP contribution in [0.25, 0.3) is 0 Å². The number of carbonyl (C=O) groups excluding carboxylic acids is 2. The molecule has 0 spiro atoms. The van der Waals surface area contributed by atoms with Crippen LogP contribution in [0.3, 0.4) is 0 Å². The van der Waals surface area contributed by atoms with E-state index >= 15 is 0 Å². The Morgan fingerprint density at radius 3 is 2.34 bits per heavy atom. The Morgan fingerprint density at radius 1 is 0.976 bits per heavy atom. The Balaban J connectivity index is 1.76. The molecular weight excluding hydrogens is 592 g/mol. The number of rotatable bonds is 11. The third-order valence-corrected chi connectivity index (χ3v) is 9.74. The molecule has 1 aliphatic carbocycles. The summed E-state index contributed by atoms with van der Waals surface area (Å²) in [5.74, 6) is -0.470. The van der Waals surface area contributed by atoms with Gasteiger partial charge in [0.1, 0.15) is 17.3 Å². The summed E-state index contributed by atoms with van der Waals surface area (Å²) in [5.41, 5.74) is 1.26. The van der Waals surface area contributed by atoms with Gasteiger partial charge in [0.25, 0.3) is 10.0 Å². The average Bonchev–Trinajstić information content (AvgIpc) is 3.33. The van der Waals surface area contributed by atoms with E-state index in [0.717, 1.165) is 34.0 Å². The summed E-state index contributed by atoms with van der Waals surface area (Å²) in [5, 5.41) is 3.35. The number of nitrogens with zero attached hydrogens (tertiary/aromatic N) is 1. The zero-order valence-corrected chi connectivity index (χ0v) is 25.5. The van der Waals surface area contributed by atoms with E-state index in [0.29, 0.717) is 22.7 Å². The SMILES string of the molecule is CCOC(=O)c1c(NC(=O)CN(c2cc(Cl)ccc2OC)S(=O)(=O)c2ccc(OC)c(OC)c2)sc2c1CCCC2. The molecule has 2 aromatic carbocycles. The standard InChI is InChI=1S/C28H31ClN2O8S2/c1-5-39-28(33)26-19-8-6-7-9-24(19)40-27(26)30-25(32)16-31(20-14-17(29)10-12-21(20)36-2)41(34,35)18-11-13-22(37-3)23(15-18)38-4/h10-15H,5-9,16H2,1-4H3,(H,30,32). The molecule has 0 unspecified atom stereocenters. The van der Waals surface area contributed by atoms with Crippen LogP contribution in [0.2, 0.25) is 5.02 Å². The lowest BCUT2D eigenvalue weighted by molar-refractivity contribution is -0.114. The fraction of sp³-hybridized carbons (Fsp3) is 0.357. The first kappa shape index (κ1) is 30.5. The third kappa shape index (κ3) is 6.39. The monoisotopic (exact) mass is 622 g/mol. The van der Waals surface area contributed by atoms with Crippen molar-refractivity contribution in [3.63, 3.8) is 0 Å². The van der Waals surface area contributed by atoms with Crippen LogP contribution in [-0.4, -0.2) is 54.8 Å². The van der Waals surface area contributed by atoms with Crippen LogP contribution in [0.4, 0.5) is 10.7 Å². The van der Waals surface area contributed by atoms with Crippen LogP contribution in [0, 0.1) is 0 Å². The molecule has 4 rings (SSSR count). The number of fused-ring (bicyclic) bond motifs is 1. The Morgan fingerprint density at radius 2 is 1.66 bits per heavy atom. The summed E-state index contributed by atoms with van der Waals surface area (Å²) in [7, 11) is -0.164. The van der Waals surface area contributed by atoms with Gasteiger partial charge in [-0.15, -0.1) is 11.3 Å². The number of aryl methyl sites for hydroxylation is 1. The van der Waals surface area contributed by atoms with Gasteiger partial charge in [-0.1, -0.05) is 11.6 Å². The van der Waals surface area contributed by atoms with Gasteiger partial charge in [-0.2, -0.15) is 0 Å². The smallest absolute Gasteiger partial charge is 0.341 e. The molecule has 1 aliphatic rings. The van der Waals surface area contributed by atoms with E-state index in [1.54, 1.807) is 13.0 Å². The first-order valence-electron chi connectivity index (χ1n) is 12.8. The minimum atomic E-state index is -4.38. The number of hydrogen-bond donors (Lipinski definition) is 1. The van der Waals surface area contributed by atoms with Crippen molar-refractivity contribution in [1.29, 1.82) is 0 Å². The average molecular weight is 623 g/mol. The van der Waals surface area contributed by atoms with Crippen molar-refractivity contribution in [2.24, 2.45) is 0 Å². The van der Waals surface area contributed by atoms with Crippen molar-refractivity contribution in [1.82, 2.24) is 0 Å². The number of ether oxygens (including phenoxy) is 4. The Labute approximate surface area is 248 Å². The highest BCUT2D eigenvalue weighted by molar-refractivity contribution is 7.92. The van der Waals surface area contributed by atoms with Crippen LogP contribution in [0.5, 0.6) is 17.2 Å². The van der Waals surface area contributed by atoms with E-state index in [2.05, 4.69) is 5.32 Å². The number of methoxy groups -OCH3 is 3. The molecule has 1 amide bonds. The van der Waals surface area contributed by atoms with Gasteiger partial charge in [0.15, 0.2) is 11.5 Å². The number of esters is 1. The molecule has 13 heteroatoms. The molecule has 1 heterocycles. The topological polar surface area (TPSA) is 120 Å². The Hall–Kier alpha value is -3.48. The molecule has 220 valence electrons. The quantitative estimate of drug-likeness (QED) is 0.286. The largest absolute Gasteiger partial charge is 0.495 e. The maximum atomic E-state index is 14.1. The molecule has 0 fully saturated rings. The van der Waals surface area contributed by atoms with Gasteiger partial charge in [0.2, 0.25) is 5.91 Å². The van der Waals surface area contributed by atoms with Gasteiger partial charge >= 0.3 is 5.97 Å². The Kier molecular flexibility index (Phi) is 9.67. The lowest BCUT2D eigenvalue weighted by atomic mass is 9.95. The summed E-state index contributed by atoms with van der Waals surface area (Å²) < 4.78 is 50.3. The molecule has 0 saturated carbocycles. The number of sulfonamides is 1. The van der Waals surface area contributed by atoms with E-state index in [1.165, 1.54) is 63.0 Å². The van der Waals surface area contributed by atoms with Gasteiger partial charge < -0.3 is 24.3 Å². The number of anilines is 2. The van der Waals surface area contributed by atoms with Crippen LogP contribution >= 0.6 is 22.9 Å². The molecule has 1 aromatic heterocycles. The maximum Gasteiger partial charge on any atom is 0.341 e. The number of hydrogen-bond acceptors (Lipinski definition) is 9. The first-order chi connectivity index (χ1) is 19.6. The van der Waals surface area contributed by atoms with Crippen LogP contribution in [-0.2, 0) is 32.4 Å². The molecule has 0 saturated heterocycles. The lowest BCUT2D eigenvalue weighted by Gasteiger charge is -2.26. The summed E-state index contributed by atoms with van der Waals surface area (Å²) >= 11 is 7.56. The summed E-state index contributed by atoms with van der Waals surface area (Å²) in [6.07, 6.45) is 3.40. The van der Waals surface area contributed by atoms with Gasteiger partial charge in [-0.25, -0.2) is 13.2 Å². The van der Waals surface area contributed by atoms with Crippen LogP contribution in [0.1, 0.15) is 40.6 Å². The molecule has 10 nitrogen and oxygen atoms in total. The normalized spacial score (nSPS) is 12.7. The number of thiophene rings is 1. The summed E-state index contributed by atoms with van der Waals surface area (Å²) in [6.45, 7) is 1.26. The lowest BCUT2D eigenvalue weighted by Crippen LogP contribution is -2.38. The predicted molar refractivity (Wildman–Crippen MR) is 158 cm³/mol. The zero-order valence-electron chi connectivity index (χ0n) is 23.1. The van der Waals surface area contributed by atoms with Crippen molar-refractivity contribution >= 4 is 55.5 Å². The minimum absolute atomic E-state index is 0.0565. The summed E-state index contributed by atoms with van der Waals surface area (Å²) in [4.78, 5) is 27.3. The number of amides is 1. The molecule has 0 atom stereocenters. The molecule has 1 N–H and O–H groups in total. The maximum absolute atomic E-state index is 14.1. The third-order valence-electron chi connectivity index (χ3n) is 6.54. The predicted octanol–water partition coefficient (Wildman–Crippen LogP) is 5.32. The van der Waals surface area contributed by atoms with E-state index in [4.69, 9.17) is 30.5 Å². The number of nitrogens with one attached hydrogen (secondary N) is 1. The fourth-order valence-corrected chi connectivity index (χ4v) is 7.53. The van der Waals surface area contributed by atoms with Gasteiger partial charge in [0.05, 0.1) is 44.1 Å². The number of halogens is 1. The highest BCUT2D eigenvalue weighted by Crippen LogP contribution is 2.40. The number of carbonyl (C=O) groups is 2. The van der Waals surface area contributed by atoms with Gasteiger partial charge in [-0.3, -0.25) is 9.10 Å². The fourth-order valence-electron chi connectivity index (χ4n) is 4.63. The van der Waals surface area contributed by atoms with Crippen molar-refractivity contribution in [2.75, 3.05) is 44.1 Å². The first-order valence-corrected chi connectivity index (χ1v) is 15.5. The second kappa shape index (κ2) is 13.0. The van der Waals surface area contributed by atoms with Crippen molar-refractivity contribution in [2.45, 2.75) is 37.5 Å². The molecule has 3 aromatic rings.